The van der Waals surface area contributed by atoms with Crippen molar-refractivity contribution < 1.29 is 14.3 Å². The maximum atomic E-state index is 13.2. The zero-order chi connectivity index (χ0) is 15.1. The number of carbonyl (C=O) groups excluding carboxylic acids is 1. The standard InChI is InChI=1S/C15H19FN2O2/c1-11(19)7-9-18(2)15(20)14-6-5-13(16)10-12(14)4-3-8-17/h5-6,10-11,19H,7-9,17H2,1-2H3. The van der Waals surface area contributed by atoms with E-state index in [2.05, 4.69) is 11.8 Å². The molecule has 0 saturated heterocycles. The van der Waals surface area contributed by atoms with Crippen LogP contribution in [0.15, 0.2) is 18.2 Å². The van der Waals surface area contributed by atoms with E-state index in [1.54, 1.807) is 14.0 Å². The molecular formula is C15H19FN2O2. The lowest BCUT2D eigenvalue weighted by atomic mass is 10.1. The molecule has 1 aromatic rings. The predicted molar refractivity (Wildman–Crippen MR) is 75.6 cm³/mol. The molecule has 1 amide bonds. The highest BCUT2D eigenvalue weighted by Crippen LogP contribution is 2.13. The first-order valence-electron chi connectivity index (χ1n) is 6.37. The molecule has 0 aliphatic rings. The Morgan fingerprint density at radius 1 is 1.55 bits per heavy atom. The summed E-state index contributed by atoms with van der Waals surface area (Å²) in [6.07, 6.45) is 0.00253. The fraction of sp³-hybridized carbons (Fsp3) is 0.400. The summed E-state index contributed by atoms with van der Waals surface area (Å²) in [6, 6.07) is 3.86. The molecule has 0 spiro atoms. The van der Waals surface area contributed by atoms with Crippen LogP contribution in [0.5, 0.6) is 0 Å². The summed E-state index contributed by atoms with van der Waals surface area (Å²) >= 11 is 0. The molecule has 0 bridgehead atoms. The van der Waals surface area contributed by atoms with E-state index >= 15 is 0 Å². The molecule has 20 heavy (non-hydrogen) atoms. The Bertz CT molecular complexity index is 532. The van der Waals surface area contributed by atoms with E-state index in [1.807, 2.05) is 0 Å². The van der Waals surface area contributed by atoms with Gasteiger partial charge in [-0.3, -0.25) is 4.79 Å². The number of carbonyl (C=O) groups is 1. The van der Waals surface area contributed by atoms with Gasteiger partial charge in [0.1, 0.15) is 5.82 Å². The summed E-state index contributed by atoms with van der Waals surface area (Å²) in [4.78, 5) is 13.8. The Hall–Kier alpha value is -1.90. The minimum absolute atomic E-state index is 0.141. The molecule has 0 heterocycles. The molecule has 108 valence electrons. The van der Waals surface area contributed by atoms with Crippen LogP contribution in [-0.4, -0.2) is 42.2 Å². The van der Waals surface area contributed by atoms with Crippen molar-refractivity contribution in [1.29, 1.82) is 0 Å². The third-order valence-electron chi connectivity index (χ3n) is 2.77. The number of amides is 1. The van der Waals surface area contributed by atoms with Gasteiger partial charge in [0, 0.05) is 19.2 Å². The van der Waals surface area contributed by atoms with Gasteiger partial charge in [0.25, 0.3) is 5.91 Å². The van der Waals surface area contributed by atoms with E-state index in [-0.39, 0.29) is 12.5 Å². The highest BCUT2D eigenvalue weighted by Gasteiger charge is 2.16. The van der Waals surface area contributed by atoms with E-state index in [9.17, 15) is 14.3 Å². The van der Waals surface area contributed by atoms with Crippen LogP contribution in [0.4, 0.5) is 4.39 Å². The number of rotatable bonds is 4. The normalized spacial score (nSPS) is 11.4. The van der Waals surface area contributed by atoms with Crippen LogP contribution < -0.4 is 5.73 Å². The highest BCUT2D eigenvalue weighted by molar-refractivity contribution is 5.96. The average Bonchev–Trinajstić information content (AvgIpc) is 2.41. The summed E-state index contributed by atoms with van der Waals surface area (Å²) in [5.74, 6) is 4.61. The molecule has 0 saturated carbocycles. The summed E-state index contributed by atoms with van der Waals surface area (Å²) < 4.78 is 13.2. The van der Waals surface area contributed by atoms with Crippen molar-refractivity contribution in [3.8, 4) is 11.8 Å². The summed E-state index contributed by atoms with van der Waals surface area (Å²) in [7, 11) is 1.63. The van der Waals surface area contributed by atoms with Crippen LogP contribution in [0.2, 0.25) is 0 Å². The van der Waals surface area contributed by atoms with Gasteiger partial charge in [-0.25, -0.2) is 4.39 Å². The molecule has 5 heteroatoms. The number of hydrogen-bond acceptors (Lipinski definition) is 3. The Balaban J connectivity index is 2.97. The fourth-order valence-corrected chi connectivity index (χ4v) is 1.64. The van der Waals surface area contributed by atoms with Crippen LogP contribution in [0.3, 0.4) is 0 Å². The maximum Gasteiger partial charge on any atom is 0.254 e. The third-order valence-corrected chi connectivity index (χ3v) is 2.77. The maximum absolute atomic E-state index is 13.2. The SMILES string of the molecule is CC(O)CCN(C)C(=O)c1ccc(F)cc1C#CCN. The summed E-state index contributed by atoms with van der Waals surface area (Å²) in [5, 5.41) is 9.24. The Morgan fingerprint density at radius 3 is 2.85 bits per heavy atom. The summed E-state index contributed by atoms with van der Waals surface area (Å²) in [5.41, 5.74) is 5.95. The topological polar surface area (TPSA) is 66.6 Å². The number of aliphatic hydroxyl groups is 1. The zero-order valence-electron chi connectivity index (χ0n) is 11.7. The van der Waals surface area contributed by atoms with Crippen molar-refractivity contribution in [2.75, 3.05) is 20.1 Å². The molecule has 3 N–H and O–H groups in total. The predicted octanol–water partition coefficient (Wildman–Crippen LogP) is 0.979. The number of nitrogens with zero attached hydrogens (tertiary/aromatic N) is 1. The Kier molecular flexibility index (Phi) is 6.16. The molecule has 0 radical (unpaired) electrons. The van der Waals surface area contributed by atoms with Gasteiger partial charge in [0.15, 0.2) is 0 Å². The van der Waals surface area contributed by atoms with E-state index in [0.29, 0.717) is 24.1 Å². The molecule has 1 aromatic carbocycles. The van der Waals surface area contributed by atoms with Crippen molar-refractivity contribution in [3.05, 3.63) is 35.1 Å². The number of nitrogens with two attached hydrogens (primary N) is 1. The molecule has 1 atom stereocenters. The van der Waals surface area contributed by atoms with E-state index in [0.717, 1.165) is 0 Å². The lowest BCUT2D eigenvalue weighted by molar-refractivity contribution is 0.0768. The smallest absolute Gasteiger partial charge is 0.254 e. The third kappa shape index (κ3) is 4.65. The van der Waals surface area contributed by atoms with Crippen LogP contribution in [0.1, 0.15) is 29.3 Å². The van der Waals surface area contributed by atoms with E-state index in [1.165, 1.54) is 23.1 Å². The second-order valence-corrected chi connectivity index (χ2v) is 4.56. The fourth-order valence-electron chi connectivity index (χ4n) is 1.64. The van der Waals surface area contributed by atoms with Crippen LogP contribution in [-0.2, 0) is 0 Å². The highest BCUT2D eigenvalue weighted by atomic mass is 19.1. The number of aliphatic hydroxyl groups excluding tert-OH is 1. The first-order valence-corrected chi connectivity index (χ1v) is 6.37. The number of hydrogen-bond donors (Lipinski definition) is 2. The molecule has 1 unspecified atom stereocenters. The average molecular weight is 278 g/mol. The van der Waals surface area contributed by atoms with Gasteiger partial charge in [-0.1, -0.05) is 11.8 Å². The molecule has 0 aliphatic heterocycles. The van der Waals surface area contributed by atoms with Crippen LogP contribution >= 0.6 is 0 Å². The van der Waals surface area contributed by atoms with Gasteiger partial charge in [0.05, 0.1) is 18.2 Å². The van der Waals surface area contributed by atoms with Gasteiger partial charge in [0.2, 0.25) is 0 Å². The van der Waals surface area contributed by atoms with Crippen molar-refractivity contribution in [2.24, 2.45) is 5.73 Å². The largest absolute Gasteiger partial charge is 0.393 e. The van der Waals surface area contributed by atoms with Crippen molar-refractivity contribution in [1.82, 2.24) is 4.90 Å². The summed E-state index contributed by atoms with van der Waals surface area (Å²) in [6.45, 7) is 2.22. The second-order valence-electron chi connectivity index (χ2n) is 4.56. The van der Waals surface area contributed by atoms with Gasteiger partial charge >= 0.3 is 0 Å². The molecule has 0 aliphatic carbocycles. The minimum atomic E-state index is -0.477. The van der Waals surface area contributed by atoms with Gasteiger partial charge in [-0.2, -0.15) is 0 Å². The molecule has 1 rings (SSSR count). The molecular weight excluding hydrogens is 259 g/mol. The number of benzene rings is 1. The van der Waals surface area contributed by atoms with E-state index < -0.39 is 11.9 Å². The van der Waals surface area contributed by atoms with Crippen LogP contribution in [0.25, 0.3) is 0 Å². The quantitative estimate of drug-likeness (QED) is 0.807. The van der Waals surface area contributed by atoms with Crippen LogP contribution in [0, 0.1) is 17.7 Å². The van der Waals surface area contributed by atoms with Crippen molar-refractivity contribution in [2.45, 2.75) is 19.4 Å². The molecule has 0 aromatic heterocycles. The van der Waals surface area contributed by atoms with Gasteiger partial charge in [-0.15, -0.1) is 0 Å². The zero-order valence-corrected chi connectivity index (χ0v) is 11.7. The first-order chi connectivity index (χ1) is 9.45. The Labute approximate surface area is 118 Å². The number of halogens is 1. The van der Waals surface area contributed by atoms with Gasteiger partial charge < -0.3 is 15.7 Å². The monoisotopic (exact) mass is 278 g/mol. The lowest BCUT2D eigenvalue weighted by Gasteiger charge is -2.18. The van der Waals surface area contributed by atoms with Crippen molar-refractivity contribution >= 4 is 5.91 Å². The molecule has 0 fully saturated rings. The minimum Gasteiger partial charge on any atom is -0.393 e. The van der Waals surface area contributed by atoms with Gasteiger partial charge in [-0.05, 0) is 31.5 Å². The van der Waals surface area contributed by atoms with E-state index in [4.69, 9.17) is 5.73 Å². The Morgan fingerprint density at radius 2 is 2.25 bits per heavy atom. The first kappa shape index (κ1) is 16.2. The second kappa shape index (κ2) is 7.63. The van der Waals surface area contributed by atoms with Crippen molar-refractivity contribution in [3.63, 3.8) is 0 Å². The lowest BCUT2D eigenvalue weighted by Crippen LogP contribution is -2.30. The molecule has 4 nitrogen and oxygen atoms in total.